The van der Waals surface area contributed by atoms with Gasteiger partial charge in [0.15, 0.2) is 0 Å². The monoisotopic (exact) mass is 234 g/mol. The Labute approximate surface area is 94.8 Å². The highest BCUT2D eigenvalue weighted by Crippen LogP contribution is 2.25. The van der Waals surface area contributed by atoms with E-state index in [4.69, 9.17) is 0 Å². The van der Waals surface area contributed by atoms with Crippen molar-refractivity contribution in [3.63, 3.8) is 0 Å². The summed E-state index contributed by atoms with van der Waals surface area (Å²) in [5, 5.41) is 1.38. The fraction of sp³-hybridized carbons (Fsp3) is 0.200. The van der Waals surface area contributed by atoms with E-state index >= 15 is 0 Å². The van der Waals surface area contributed by atoms with Gasteiger partial charge in [-0.2, -0.15) is 0 Å². The second-order valence-corrected chi connectivity index (χ2v) is 3.77. The Morgan fingerprint density at radius 3 is 2.46 bits per heavy atom. The lowest BCUT2D eigenvalue weighted by atomic mass is 10.2. The van der Waals surface area contributed by atoms with Crippen molar-refractivity contribution in [2.24, 2.45) is 0 Å². The number of thiophene rings is 1. The van der Waals surface area contributed by atoms with E-state index in [0.717, 1.165) is 6.42 Å². The standard InChI is InChI=1S/C10H10S.2ClH/c1-2-9-7-8-5-3-4-6-10(8)11-9;;/h3-7H,2H2,1H3;2*1H. The molecule has 0 aliphatic carbocycles. The lowest BCUT2D eigenvalue weighted by molar-refractivity contribution is 1.19. The summed E-state index contributed by atoms with van der Waals surface area (Å²) in [5.41, 5.74) is 0. The normalized spacial score (nSPS) is 9.00. The van der Waals surface area contributed by atoms with Crippen LogP contribution in [0.25, 0.3) is 10.1 Å². The van der Waals surface area contributed by atoms with Gasteiger partial charge in [0.1, 0.15) is 0 Å². The van der Waals surface area contributed by atoms with Crippen LogP contribution in [0, 0.1) is 0 Å². The zero-order valence-corrected chi connectivity index (χ0v) is 9.77. The number of hydrogen-bond donors (Lipinski definition) is 0. The molecule has 0 aliphatic heterocycles. The highest BCUT2D eigenvalue weighted by atomic mass is 35.5. The predicted molar refractivity (Wildman–Crippen MR) is 65.7 cm³/mol. The Kier molecular flexibility index (Phi) is 5.38. The molecule has 1 aromatic heterocycles. The third-order valence-corrected chi connectivity index (χ3v) is 3.09. The molecule has 0 N–H and O–H groups in total. The largest absolute Gasteiger partial charge is 0.147 e. The summed E-state index contributed by atoms with van der Waals surface area (Å²) in [4.78, 5) is 1.48. The van der Waals surface area contributed by atoms with Gasteiger partial charge in [0.25, 0.3) is 0 Å². The van der Waals surface area contributed by atoms with Gasteiger partial charge in [0.05, 0.1) is 0 Å². The minimum absolute atomic E-state index is 0. The Hall–Kier alpha value is -0.240. The first-order valence-electron chi connectivity index (χ1n) is 3.87. The molecule has 0 aliphatic rings. The first-order chi connectivity index (χ1) is 5.40. The van der Waals surface area contributed by atoms with Crippen LogP contribution in [-0.4, -0.2) is 0 Å². The highest BCUT2D eigenvalue weighted by molar-refractivity contribution is 7.19. The van der Waals surface area contributed by atoms with Gasteiger partial charge in [-0.05, 0) is 23.9 Å². The van der Waals surface area contributed by atoms with E-state index in [1.807, 2.05) is 11.3 Å². The molecule has 13 heavy (non-hydrogen) atoms. The van der Waals surface area contributed by atoms with Crippen LogP contribution in [-0.2, 0) is 6.42 Å². The van der Waals surface area contributed by atoms with Crippen LogP contribution in [0.3, 0.4) is 0 Å². The summed E-state index contributed by atoms with van der Waals surface area (Å²) in [6.07, 6.45) is 1.15. The molecule has 0 radical (unpaired) electrons. The fourth-order valence-corrected chi connectivity index (χ4v) is 2.22. The van der Waals surface area contributed by atoms with Crippen molar-refractivity contribution in [3.8, 4) is 0 Å². The number of fused-ring (bicyclic) bond motifs is 1. The van der Waals surface area contributed by atoms with Gasteiger partial charge < -0.3 is 0 Å². The van der Waals surface area contributed by atoms with E-state index in [0.29, 0.717) is 0 Å². The van der Waals surface area contributed by atoms with Crippen molar-refractivity contribution < 1.29 is 0 Å². The van der Waals surface area contributed by atoms with Crippen molar-refractivity contribution >= 4 is 46.2 Å². The SMILES string of the molecule is CCc1cc2ccccc2s1.Cl.Cl. The number of hydrogen-bond acceptors (Lipinski definition) is 1. The van der Waals surface area contributed by atoms with Crippen LogP contribution >= 0.6 is 36.2 Å². The van der Waals surface area contributed by atoms with Crippen molar-refractivity contribution in [2.75, 3.05) is 0 Å². The summed E-state index contributed by atoms with van der Waals surface area (Å²) in [6, 6.07) is 10.8. The van der Waals surface area contributed by atoms with Gasteiger partial charge >= 0.3 is 0 Å². The molecule has 72 valence electrons. The molecule has 1 heterocycles. The maximum absolute atomic E-state index is 2.28. The molecule has 0 unspecified atom stereocenters. The molecule has 0 atom stereocenters. The number of rotatable bonds is 1. The molecule has 1 aromatic carbocycles. The Morgan fingerprint density at radius 1 is 1.15 bits per heavy atom. The molecule has 3 heteroatoms. The second-order valence-electron chi connectivity index (χ2n) is 2.60. The maximum Gasteiger partial charge on any atom is 0.0345 e. The summed E-state index contributed by atoms with van der Waals surface area (Å²) in [6.45, 7) is 2.20. The zero-order valence-electron chi connectivity index (χ0n) is 7.32. The Bertz CT molecular complexity index is 335. The zero-order chi connectivity index (χ0) is 7.68. The average molecular weight is 235 g/mol. The quantitative estimate of drug-likeness (QED) is 0.691. The highest BCUT2D eigenvalue weighted by Gasteiger charge is 1.96. The Balaban J connectivity index is 0.000000720. The van der Waals surface area contributed by atoms with E-state index in [1.165, 1.54) is 15.0 Å². The first kappa shape index (κ1) is 12.8. The smallest absolute Gasteiger partial charge is 0.0345 e. The number of benzene rings is 1. The average Bonchev–Trinajstić information content (AvgIpc) is 2.46. The molecule has 2 aromatic rings. The number of aryl methyl sites for hydroxylation is 1. The van der Waals surface area contributed by atoms with Gasteiger partial charge in [-0.1, -0.05) is 25.1 Å². The summed E-state index contributed by atoms with van der Waals surface area (Å²) < 4.78 is 1.41. The fourth-order valence-electron chi connectivity index (χ4n) is 1.21. The maximum atomic E-state index is 2.28. The van der Waals surface area contributed by atoms with Crippen molar-refractivity contribution in [2.45, 2.75) is 13.3 Å². The van der Waals surface area contributed by atoms with Crippen LogP contribution in [0.5, 0.6) is 0 Å². The molecule has 0 bridgehead atoms. The minimum atomic E-state index is 0. The molecule has 0 spiro atoms. The van der Waals surface area contributed by atoms with Crippen LogP contribution < -0.4 is 0 Å². The van der Waals surface area contributed by atoms with E-state index in [1.54, 1.807) is 0 Å². The van der Waals surface area contributed by atoms with Gasteiger partial charge in [-0.15, -0.1) is 36.2 Å². The van der Waals surface area contributed by atoms with Crippen LogP contribution in [0.15, 0.2) is 30.3 Å². The summed E-state index contributed by atoms with van der Waals surface area (Å²) in [5.74, 6) is 0. The van der Waals surface area contributed by atoms with Crippen LogP contribution in [0.2, 0.25) is 0 Å². The third kappa shape index (κ3) is 2.60. The third-order valence-electron chi connectivity index (χ3n) is 1.83. The second kappa shape index (κ2) is 5.48. The van der Waals surface area contributed by atoms with E-state index in [2.05, 4.69) is 37.3 Å². The van der Waals surface area contributed by atoms with Crippen molar-refractivity contribution in [1.82, 2.24) is 0 Å². The van der Waals surface area contributed by atoms with Gasteiger partial charge in [-0.25, -0.2) is 0 Å². The Morgan fingerprint density at radius 2 is 1.85 bits per heavy atom. The van der Waals surface area contributed by atoms with Gasteiger partial charge in [0, 0.05) is 9.58 Å². The van der Waals surface area contributed by atoms with Crippen LogP contribution in [0.1, 0.15) is 11.8 Å². The summed E-state index contributed by atoms with van der Waals surface area (Å²) >= 11 is 1.90. The molecular formula is C10H12Cl2S. The summed E-state index contributed by atoms with van der Waals surface area (Å²) in [7, 11) is 0. The van der Waals surface area contributed by atoms with E-state index in [9.17, 15) is 0 Å². The molecule has 0 fully saturated rings. The lowest BCUT2D eigenvalue weighted by Gasteiger charge is -1.82. The predicted octanol–water partition coefficient (Wildman–Crippen LogP) is 4.31. The lowest BCUT2D eigenvalue weighted by Crippen LogP contribution is -1.64. The molecule has 2 rings (SSSR count). The number of halogens is 2. The first-order valence-corrected chi connectivity index (χ1v) is 4.69. The van der Waals surface area contributed by atoms with Crippen molar-refractivity contribution in [3.05, 3.63) is 35.2 Å². The van der Waals surface area contributed by atoms with Gasteiger partial charge in [-0.3, -0.25) is 0 Å². The molecule has 0 saturated carbocycles. The minimum Gasteiger partial charge on any atom is -0.147 e. The molecular weight excluding hydrogens is 223 g/mol. The van der Waals surface area contributed by atoms with Crippen molar-refractivity contribution in [1.29, 1.82) is 0 Å². The van der Waals surface area contributed by atoms with Gasteiger partial charge in [0.2, 0.25) is 0 Å². The van der Waals surface area contributed by atoms with E-state index < -0.39 is 0 Å². The van der Waals surface area contributed by atoms with E-state index in [-0.39, 0.29) is 24.8 Å². The molecule has 0 amide bonds. The molecule has 0 nitrogen and oxygen atoms in total. The topological polar surface area (TPSA) is 0 Å². The van der Waals surface area contributed by atoms with Crippen LogP contribution in [0.4, 0.5) is 0 Å². The molecule has 0 saturated heterocycles.